The molecule has 17 heavy (non-hydrogen) atoms. The second-order valence-electron chi connectivity index (χ2n) is 3.28. The van der Waals surface area contributed by atoms with E-state index in [-0.39, 0.29) is 6.42 Å². The van der Waals surface area contributed by atoms with Crippen LogP contribution in [0.5, 0.6) is 0 Å². The molecule has 2 rings (SSSR count). The summed E-state index contributed by atoms with van der Waals surface area (Å²) in [7, 11) is 0. The predicted octanol–water partition coefficient (Wildman–Crippen LogP) is 3.85. The highest BCUT2D eigenvalue weighted by molar-refractivity contribution is 9.10. The van der Waals surface area contributed by atoms with Crippen LogP contribution >= 0.6 is 38.9 Å². The third kappa shape index (κ3) is 2.86. The molecule has 0 spiro atoms. The fourth-order valence-corrected chi connectivity index (χ4v) is 3.27. The van der Waals surface area contributed by atoms with Crippen molar-refractivity contribution in [1.29, 1.82) is 0 Å². The van der Waals surface area contributed by atoms with E-state index in [1.807, 2.05) is 18.2 Å². The van der Waals surface area contributed by atoms with Gasteiger partial charge < -0.3 is 5.11 Å². The van der Waals surface area contributed by atoms with E-state index in [9.17, 15) is 4.79 Å². The molecule has 2 aromatic rings. The molecule has 6 heteroatoms. The highest BCUT2D eigenvalue weighted by atomic mass is 79.9. The SMILES string of the molecule is O=C(O)Cc1sc(-c2ccccc2Cl)nc1Br. The highest BCUT2D eigenvalue weighted by Gasteiger charge is 2.14. The smallest absolute Gasteiger partial charge is 0.308 e. The molecule has 0 unspecified atom stereocenters. The van der Waals surface area contributed by atoms with Crippen molar-refractivity contribution in [3.63, 3.8) is 0 Å². The van der Waals surface area contributed by atoms with Crippen LogP contribution in [0.2, 0.25) is 5.02 Å². The van der Waals surface area contributed by atoms with Gasteiger partial charge in [-0.25, -0.2) is 4.98 Å². The first kappa shape index (κ1) is 12.5. The molecule has 0 bridgehead atoms. The summed E-state index contributed by atoms with van der Waals surface area (Å²) in [4.78, 5) is 15.6. The van der Waals surface area contributed by atoms with E-state index in [2.05, 4.69) is 20.9 Å². The Morgan fingerprint density at radius 2 is 2.18 bits per heavy atom. The van der Waals surface area contributed by atoms with E-state index in [4.69, 9.17) is 16.7 Å². The van der Waals surface area contributed by atoms with E-state index >= 15 is 0 Å². The number of carboxylic acid groups (broad SMARTS) is 1. The number of halogens is 2. The fraction of sp³-hybridized carbons (Fsp3) is 0.0909. The van der Waals surface area contributed by atoms with Crippen molar-refractivity contribution in [2.24, 2.45) is 0 Å². The lowest BCUT2D eigenvalue weighted by Gasteiger charge is -1.97. The number of benzene rings is 1. The molecular formula is C11H7BrClNO2S. The number of thiazole rings is 1. The van der Waals surface area contributed by atoms with Crippen LogP contribution in [0.3, 0.4) is 0 Å². The summed E-state index contributed by atoms with van der Waals surface area (Å²) in [6, 6.07) is 7.35. The average Bonchev–Trinajstić information content (AvgIpc) is 2.60. The standard InChI is InChI=1S/C11H7BrClNO2S/c12-10-8(5-9(15)16)17-11(14-10)6-3-1-2-4-7(6)13/h1-4H,5H2,(H,15,16). The molecule has 0 radical (unpaired) electrons. The molecule has 3 nitrogen and oxygen atoms in total. The van der Waals surface area contributed by atoms with Gasteiger partial charge in [-0.05, 0) is 22.0 Å². The molecule has 0 fully saturated rings. The lowest BCUT2D eigenvalue weighted by atomic mass is 10.2. The van der Waals surface area contributed by atoms with Crippen molar-refractivity contribution in [3.8, 4) is 10.6 Å². The molecule has 0 atom stereocenters. The van der Waals surface area contributed by atoms with Gasteiger partial charge in [0.1, 0.15) is 9.61 Å². The minimum Gasteiger partial charge on any atom is -0.481 e. The first-order valence-electron chi connectivity index (χ1n) is 4.70. The van der Waals surface area contributed by atoms with Crippen LogP contribution < -0.4 is 0 Å². The first-order valence-corrected chi connectivity index (χ1v) is 6.68. The van der Waals surface area contributed by atoms with Crippen LogP contribution in [0.4, 0.5) is 0 Å². The minimum absolute atomic E-state index is 0.0390. The number of hydrogen-bond acceptors (Lipinski definition) is 3. The van der Waals surface area contributed by atoms with Gasteiger partial charge in [0.2, 0.25) is 0 Å². The van der Waals surface area contributed by atoms with Crippen molar-refractivity contribution in [2.45, 2.75) is 6.42 Å². The Hall–Kier alpha value is -0.910. The van der Waals surface area contributed by atoms with E-state index in [1.165, 1.54) is 11.3 Å². The molecule has 1 heterocycles. The molecule has 0 aliphatic heterocycles. The van der Waals surface area contributed by atoms with Crippen LogP contribution in [0.15, 0.2) is 28.9 Å². The van der Waals surface area contributed by atoms with Gasteiger partial charge in [-0.2, -0.15) is 0 Å². The van der Waals surface area contributed by atoms with Crippen molar-refractivity contribution in [1.82, 2.24) is 4.98 Å². The van der Waals surface area contributed by atoms with Crippen molar-refractivity contribution in [2.75, 3.05) is 0 Å². The molecule has 88 valence electrons. The summed E-state index contributed by atoms with van der Waals surface area (Å²) in [6.45, 7) is 0. The molecule has 0 saturated carbocycles. The van der Waals surface area contributed by atoms with Crippen LogP contribution in [-0.2, 0) is 11.2 Å². The average molecular weight is 333 g/mol. The molecular weight excluding hydrogens is 326 g/mol. The zero-order valence-electron chi connectivity index (χ0n) is 8.48. The van der Waals surface area contributed by atoms with E-state index in [1.54, 1.807) is 6.07 Å². The Kier molecular flexibility index (Phi) is 3.81. The molecule has 0 aliphatic carbocycles. The maximum atomic E-state index is 10.7. The van der Waals surface area contributed by atoms with Crippen molar-refractivity contribution < 1.29 is 9.90 Å². The second-order valence-corrected chi connectivity index (χ2v) is 5.53. The highest BCUT2D eigenvalue weighted by Crippen LogP contribution is 2.34. The monoisotopic (exact) mass is 331 g/mol. The summed E-state index contributed by atoms with van der Waals surface area (Å²) in [5, 5.41) is 10.1. The molecule has 0 aliphatic rings. The molecule has 0 amide bonds. The van der Waals surface area contributed by atoms with Crippen molar-refractivity contribution >= 4 is 44.8 Å². The zero-order chi connectivity index (χ0) is 12.4. The zero-order valence-corrected chi connectivity index (χ0v) is 11.6. The van der Waals surface area contributed by atoms with E-state index in [0.717, 1.165) is 10.6 Å². The Morgan fingerprint density at radius 1 is 1.47 bits per heavy atom. The maximum Gasteiger partial charge on any atom is 0.308 e. The number of aromatic nitrogens is 1. The van der Waals surface area contributed by atoms with Crippen LogP contribution in [-0.4, -0.2) is 16.1 Å². The summed E-state index contributed by atoms with van der Waals surface area (Å²) >= 11 is 10.7. The number of nitrogens with zero attached hydrogens (tertiary/aromatic N) is 1. The van der Waals surface area contributed by atoms with Gasteiger partial charge in [0.15, 0.2) is 0 Å². The molecule has 1 N–H and O–H groups in total. The van der Waals surface area contributed by atoms with Gasteiger partial charge in [-0.3, -0.25) is 4.79 Å². The molecule has 1 aromatic carbocycles. The number of aliphatic carboxylic acids is 1. The van der Waals surface area contributed by atoms with E-state index < -0.39 is 5.97 Å². The Labute approximate surface area is 115 Å². The quantitative estimate of drug-likeness (QED) is 0.928. The van der Waals surface area contributed by atoms with Crippen LogP contribution in [0, 0.1) is 0 Å². The number of rotatable bonds is 3. The largest absolute Gasteiger partial charge is 0.481 e. The molecule has 0 saturated heterocycles. The predicted molar refractivity (Wildman–Crippen MR) is 71.6 cm³/mol. The Bertz CT molecular complexity index is 570. The minimum atomic E-state index is -0.875. The lowest BCUT2D eigenvalue weighted by Crippen LogP contribution is -1.98. The van der Waals surface area contributed by atoms with Crippen molar-refractivity contribution in [3.05, 3.63) is 38.8 Å². The maximum absolute atomic E-state index is 10.7. The number of carboxylic acids is 1. The van der Waals surface area contributed by atoms with Crippen LogP contribution in [0.25, 0.3) is 10.6 Å². The van der Waals surface area contributed by atoms with Gasteiger partial charge in [0, 0.05) is 5.56 Å². The Balaban J connectivity index is 2.41. The summed E-state index contributed by atoms with van der Waals surface area (Å²) in [5.74, 6) is -0.875. The summed E-state index contributed by atoms with van der Waals surface area (Å²) < 4.78 is 0.569. The lowest BCUT2D eigenvalue weighted by molar-refractivity contribution is -0.136. The summed E-state index contributed by atoms with van der Waals surface area (Å²) in [5.41, 5.74) is 0.816. The van der Waals surface area contributed by atoms with Gasteiger partial charge >= 0.3 is 5.97 Å². The third-order valence-electron chi connectivity index (χ3n) is 2.07. The second kappa shape index (κ2) is 5.16. The van der Waals surface area contributed by atoms with Gasteiger partial charge in [-0.15, -0.1) is 11.3 Å². The third-order valence-corrected chi connectivity index (χ3v) is 4.40. The van der Waals surface area contributed by atoms with Gasteiger partial charge in [-0.1, -0.05) is 29.8 Å². The van der Waals surface area contributed by atoms with Crippen LogP contribution in [0.1, 0.15) is 4.88 Å². The molecule has 1 aromatic heterocycles. The number of carbonyl (C=O) groups is 1. The normalized spacial score (nSPS) is 10.5. The Morgan fingerprint density at radius 3 is 2.82 bits per heavy atom. The topological polar surface area (TPSA) is 50.2 Å². The number of hydrogen-bond donors (Lipinski definition) is 1. The first-order chi connectivity index (χ1) is 8.08. The van der Waals surface area contributed by atoms with Gasteiger partial charge in [0.25, 0.3) is 0 Å². The summed E-state index contributed by atoms with van der Waals surface area (Å²) in [6.07, 6.45) is -0.0390. The van der Waals surface area contributed by atoms with E-state index in [0.29, 0.717) is 14.5 Å². The fourth-order valence-electron chi connectivity index (χ4n) is 1.33. The van der Waals surface area contributed by atoms with Gasteiger partial charge in [0.05, 0.1) is 16.3 Å².